The van der Waals surface area contributed by atoms with Crippen molar-refractivity contribution in [3.63, 3.8) is 0 Å². The van der Waals surface area contributed by atoms with Crippen molar-refractivity contribution in [2.45, 2.75) is 26.8 Å². The van der Waals surface area contributed by atoms with E-state index < -0.39 is 0 Å². The summed E-state index contributed by atoms with van der Waals surface area (Å²) in [5.41, 5.74) is 1.15. The van der Waals surface area contributed by atoms with Gasteiger partial charge in [-0.25, -0.2) is 4.98 Å². The van der Waals surface area contributed by atoms with Crippen LogP contribution in [-0.2, 0) is 13.0 Å². The number of thiazole rings is 1. The molecule has 0 aromatic carbocycles. The standard InChI is InChI=1S/C12H16N2OS/c1-9-10(2)16-12(14-9)8-13-6-5-11-4-3-7-15-11/h3-4,7,13H,5-6,8H2,1-2H3. The fourth-order valence-corrected chi connectivity index (χ4v) is 2.38. The van der Waals surface area contributed by atoms with Gasteiger partial charge in [0, 0.05) is 24.4 Å². The molecule has 2 aromatic rings. The SMILES string of the molecule is Cc1nc(CNCCc2ccco2)sc1C. The van der Waals surface area contributed by atoms with E-state index in [1.165, 1.54) is 4.88 Å². The summed E-state index contributed by atoms with van der Waals surface area (Å²) >= 11 is 1.77. The third-order valence-corrected chi connectivity index (χ3v) is 3.55. The van der Waals surface area contributed by atoms with Gasteiger partial charge in [-0.3, -0.25) is 0 Å². The van der Waals surface area contributed by atoms with Crippen molar-refractivity contribution < 1.29 is 4.42 Å². The van der Waals surface area contributed by atoms with Gasteiger partial charge < -0.3 is 9.73 Å². The molecule has 0 radical (unpaired) electrons. The van der Waals surface area contributed by atoms with Gasteiger partial charge in [0.1, 0.15) is 10.8 Å². The van der Waals surface area contributed by atoms with Gasteiger partial charge >= 0.3 is 0 Å². The van der Waals surface area contributed by atoms with E-state index in [9.17, 15) is 0 Å². The molecule has 0 fully saturated rings. The number of furan rings is 1. The average Bonchev–Trinajstić information content (AvgIpc) is 2.85. The van der Waals surface area contributed by atoms with E-state index in [0.29, 0.717) is 0 Å². The highest BCUT2D eigenvalue weighted by Crippen LogP contribution is 2.15. The summed E-state index contributed by atoms with van der Waals surface area (Å²) in [6.07, 6.45) is 2.64. The van der Waals surface area contributed by atoms with Crippen LogP contribution in [0.15, 0.2) is 22.8 Å². The Morgan fingerprint density at radius 2 is 2.31 bits per heavy atom. The molecule has 86 valence electrons. The first kappa shape index (κ1) is 11.4. The first-order chi connectivity index (χ1) is 7.75. The van der Waals surface area contributed by atoms with Crippen LogP contribution in [0.2, 0.25) is 0 Å². The van der Waals surface area contributed by atoms with Crippen molar-refractivity contribution in [2.75, 3.05) is 6.54 Å². The molecule has 0 amide bonds. The zero-order chi connectivity index (χ0) is 11.4. The number of nitrogens with zero attached hydrogens (tertiary/aromatic N) is 1. The molecule has 0 aliphatic heterocycles. The lowest BCUT2D eigenvalue weighted by Crippen LogP contribution is -2.16. The van der Waals surface area contributed by atoms with Crippen molar-refractivity contribution in [1.29, 1.82) is 0 Å². The van der Waals surface area contributed by atoms with E-state index in [-0.39, 0.29) is 0 Å². The van der Waals surface area contributed by atoms with Crippen LogP contribution < -0.4 is 5.32 Å². The predicted octanol–water partition coefficient (Wildman–Crippen LogP) is 2.69. The summed E-state index contributed by atoms with van der Waals surface area (Å²) in [7, 11) is 0. The van der Waals surface area contributed by atoms with Crippen LogP contribution in [0.3, 0.4) is 0 Å². The van der Waals surface area contributed by atoms with Gasteiger partial charge in [0.15, 0.2) is 0 Å². The van der Waals surface area contributed by atoms with Gasteiger partial charge in [-0.2, -0.15) is 0 Å². The van der Waals surface area contributed by atoms with Gasteiger partial charge in [0.05, 0.1) is 12.0 Å². The Hall–Kier alpha value is -1.13. The molecule has 0 spiro atoms. The fraction of sp³-hybridized carbons (Fsp3) is 0.417. The highest BCUT2D eigenvalue weighted by molar-refractivity contribution is 7.11. The Kier molecular flexibility index (Phi) is 3.74. The minimum Gasteiger partial charge on any atom is -0.469 e. The average molecular weight is 236 g/mol. The zero-order valence-electron chi connectivity index (χ0n) is 9.62. The van der Waals surface area contributed by atoms with Gasteiger partial charge in [0.25, 0.3) is 0 Å². The second-order valence-electron chi connectivity index (χ2n) is 3.76. The van der Waals surface area contributed by atoms with E-state index in [2.05, 4.69) is 24.1 Å². The molecule has 16 heavy (non-hydrogen) atoms. The molecule has 0 bridgehead atoms. The minimum atomic E-state index is 0.847. The maximum absolute atomic E-state index is 5.26. The molecule has 0 unspecified atom stereocenters. The number of hydrogen-bond donors (Lipinski definition) is 1. The van der Waals surface area contributed by atoms with Crippen molar-refractivity contribution in [3.8, 4) is 0 Å². The number of hydrogen-bond acceptors (Lipinski definition) is 4. The second-order valence-corrected chi connectivity index (χ2v) is 5.04. The molecule has 0 atom stereocenters. The molecular weight excluding hydrogens is 220 g/mol. The number of aromatic nitrogens is 1. The van der Waals surface area contributed by atoms with Crippen LogP contribution in [0.5, 0.6) is 0 Å². The van der Waals surface area contributed by atoms with Crippen LogP contribution >= 0.6 is 11.3 Å². The zero-order valence-corrected chi connectivity index (χ0v) is 10.4. The maximum atomic E-state index is 5.26. The maximum Gasteiger partial charge on any atom is 0.107 e. The Balaban J connectivity index is 1.72. The Labute approximate surface area is 99.5 Å². The van der Waals surface area contributed by atoms with Crippen LogP contribution in [0.4, 0.5) is 0 Å². The minimum absolute atomic E-state index is 0.847. The number of nitrogens with one attached hydrogen (secondary N) is 1. The van der Waals surface area contributed by atoms with Gasteiger partial charge in [-0.05, 0) is 26.0 Å². The van der Waals surface area contributed by atoms with Gasteiger partial charge in [0.2, 0.25) is 0 Å². The van der Waals surface area contributed by atoms with Crippen LogP contribution in [0.25, 0.3) is 0 Å². The molecule has 0 saturated heterocycles. The van der Waals surface area contributed by atoms with Crippen molar-refractivity contribution in [3.05, 3.63) is 39.7 Å². The normalized spacial score (nSPS) is 10.9. The van der Waals surface area contributed by atoms with Gasteiger partial charge in [-0.15, -0.1) is 11.3 Å². The summed E-state index contributed by atoms with van der Waals surface area (Å²) in [6.45, 7) is 5.93. The lowest BCUT2D eigenvalue weighted by molar-refractivity contribution is 0.498. The summed E-state index contributed by atoms with van der Waals surface area (Å²) < 4.78 is 5.26. The first-order valence-corrected chi connectivity index (χ1v) is 6.23. The molecule has 0 saturated carbocycles. The van der Waals surface area contributed by atoms with Crippen LogP contribution in [0.1, 0.15) is 21.3 Å². The Morgan fingerprint density at radius 1 is 1.44 bits per heavy atom. The summed E-state index contributed by atoms with van der Waals surface area (Å²) in [5, 5.41) is 4.53. The highest BCUT2D eigenvalue weighted by Gasteiger charge is 2.02. The van der Waals surface area contributed by atoms with E-state index in [1.807, 2.05) is 12.1 Å². The largest absolute Gasteiger partial charge is 0.469 e. The summed E-state index contributed by atoms with van der Waals surface area (Å²) in [6, 6.07) is 3.92. The Bertz CT molecular complexity index is 414. The van der Waals surface area contributed by atoms with E-state index in [4.69, 9.17) is 4.42 Å². The molecule has 0 aliphatic carbocycles. The molecule has 1 N–H and O–H groups in total. The summed E-state index contributed by atoms with van der Waals surface area (Å²) in [5.74, 6) is 1.03. The molecule has 0 aliphatic rings. The molecule has 3 nitrogen and oxygen atoms in total. The summed E-state index contributed by atoms with van der Waals surface area (Å²) in [4.78, 5) is 5.79. The van der Waals surface area contributed by atoms with E-state index >= 15 is 0 Å². The van der Waals surface area contributed by atoms with Gasteiger partial charge in [-0.1, -0.05) is 0 Å². The molecule has 4 heteroatoms. The predicted molar refractivity (Wildman–Crippen MR) is 65.7 cm³/mol. The third-order valence-electron chi connectivity index (χ3n) is 2.48. The number of rotatable bonds is 5. The van der Waals surface area contributed by atoms with Crippen molar-refractivity contribution in [2.24, 2.45) is 0 Å². The quantitative estimate of drug-likeness (QED) is 0.811. The molecule has 2 aromatic heterocycles. The van der Waals surface area contributed by atoms with Crippen molar-refractivity contribution >= 4 is 11.3 Å². The highest BCUT2D eigenvalue weighted by atomic mass is 32.1. The Morgan fingerprint density at radius 3 is 2.94 bits per heavy atom. The second kappa shape index (κ2) is 5.27. The first-order valence-electron chi connectivity index (χ1n) is 5.41. The van der Waals surface area contributed by atoms with Crippen LogP contribution in [0, 0.1) is 13.8 Å². The topological polar surface area (TPSA) is 38.1 Å². The smallest absolute Gasteiger partial charge is 0.107 e. The van der Waals surface area contributed by atoms with E-state index in [1.54, 1.807) is 17.6 Å². The molecule has 2 heterocycles. The van der Waals surface area contributed by atoms with Crippen LogP contribution in [-0.4, -0.2) is 11.5 Å². The molecule has 2 rings (SSSR count). The monoisotopic (exact) mass is 236 g/mol. The lowest BCUT2D eigenvalue weighted by Gasteiger charge is -1.99. The number of aryl methyl sites for hydroxylation is 2. The third kappa shape index (κ3) is 2.93. The fourth-order valence-electron chi connectivity index (χ4n) is 1.48. The lowest BCUT2D eigenvalue weighted by atomic mass is 10.3. The molecular formula is C12H16N2OS. The van der Waals surface area contributed by atoms with E-state index in [0.717, 1.165) is 36.0 Å². The van der Waals surface area contributed by atoms with Crippen molar-refractivity contribution in [1.82, 2.24) is 10.3 Å².